The number of rotatable bonds is 2. The highest BCUT2D eigenvalue weighted by molar-refractivity contribution is 6.31. The van der Waals surface area contributed by atoms with E-state index < -0.39 is 0 Å². The zero-order valence-electron chi connectivity index (χ0n) is 10.5. The van der Waals surface area contributed by atoms with Gasteiger partial charge in [-0.1, -0.05) is 29.8 Å². The summed E-state index contributed by atoms with van der Waals surface area (Å²) in [4.78, 5) is 16.7. The molecule has 1 heterocycles. The highest BCUT2D eigenvalue weighted by Gasteiger charge is 2.15. The fraction of sp³-hybridized carbons (Fsp3) is 0. The van der Waals surface area contributed by atoms with Gasteiger partial charge in [0.25, 0.3) is 0 Å². The molecule has 20 heavy (non-hydrogen) atoms. The van der Waals surface area contributed by atoms with Crippen LogP contribution in [0.25, 0.3) is 10.8 Å². The first-order valence-corrected chi connectivity index (χ1v) is 6.47. The van der Waals surface area contributed by atoms with Gasteiger partial charge in [-0.25, -0.2) is 0 Å². The summed E-state index contributed by atoms with van der Waals surface area (Å²) >= 11 is 5.86. The molecule has 2 aromatic carbocycles. The van der Waals surface area contributed by atoms with Gasteiger partial charge in [0, 0.05) is 39.6 Å². The maximum Gasteiger partial charge on any atom is 0.195 e. The Morgan fingerprint density at radius 3 is 2.75 bits per heavy atom. The number of fused-ring (bicyclic) bond motifs is 1. The van der Waals surface area contributed by atoms with Crippen molar-refractivity contribution in [3.05, 3.63) is 71.0 Å². The van der Waals surface area contributed by atoms with E-state index in [1.165, 1.54) is 0 Å². The fourth-order valence-electron chi connectivity index (χ4n) is 2.21. The number of pyridine rings is 1. The van der Waals surface area contributed by atoms with Gasteiger partial charge in [0.1, 0.15) is 0 Å². The van der Waals surface area contributed by atoms with E-state index in [0.717, 1.165) is 10.8 Å². The maximum absolute atomic E-state index is 12.6. The molecule has 0 aliphatic heterocycles. The van der Waals surface area contributed by atoms with E-state index in [9.17, 15) is 4.79 Å². The van der Waals surface area contributed by atoms with Crippen molar-refractivity contribution in [2.75, 3.05) is 5.73 Å². The second-order valence-electron chi connectivity index (χ2n) is 4.46. The molecule has 0 saturated carbocycles. The molecule has 0 aliphatic rings. The Bertz CT molecular complexity index is 809. The zero-order chi connectivity index (χ0) is 14.1. The lowest BCUT2D eigenvalue weighted by Gasteiger charge is -2.08. The van der Waals surface area contributed by atoms with Crippen molar-refractivity contribution in [1.29, 1.82) is 0 Å². The lowest BCUT2D eigenvalue weighted by molar-refractivity contribution is 0.104. The topological polar surface area (TPSA) is 56.0 Å². The Balaban J connectivity index is 2.18. The summed E-state index contributed by atoms with van der Waals surface area (Å²) in [6.45, 7) is 0. The largest absolute Gasteiger partial charge is 0.398 e. The van der Waals surface area contributed by atoms with Crippen molar-refractivity contribution < 1.29 is 4.79 Å². The van der Waals surface area contributed by atoms with E-state index in [-0.39, 0.29) is 5.78 Å². The van der Waals surface area contributed by atoms with Crippen molar-refractivity contribution in [2.24, 2.45) is 0 Å². The van der Waals surface area contributed by atoms with E-state index >= 15 is 0 Å². The normalized spacial score (nSPS) is 10.7. The van der Waals surface area contributed by atoms with Gasteiger partial charge in [-0.05, 0) is 29.7 Å². The van der Waals surface area contributed by atoms with E-state index in [1.807, 2.05) is 18.2 Å². The molecular formula is C16H11ClN2O. The number of carbonyl (C=O) groups is 1. The molecule has 4 heteroatoms. The fourth-order valence-corrected chi connectivity index (χ4v) is 2.39. The molecule has 0 fully saturated rings. The third kappa shape index (κ3) is 2.12. The molecular weight excluding hydrogens is 272 g/mol. The summed E-state index contributed by atoms with van der Waals surface area (Å²) in [5, 5.41) is 2.30. The van der Waals surface area contributed by atoms with Crippen LogP contribution >= 0.6 is 11.6 Å². The van der Waals surface area contributed by atoms with Gasteiger partial charge in [0.05, 0.1) is 0 Å². The van der Waals surface area contributed by atoms with Crippen LogP contribution in [-0.4, -0.2) is 10.8 Å². The van der Waals surface area contributed by atoms with Crippen LogP contribution in [0.2, 0.25) is 5.02 Å². The number of anilines is 1. The van der Waals surface area contributed by atoms with Crippen LogP contribution in [0.1, 0.15) is 15.9 Å². The van der Waals surface area contributed by atoms with Crippen LogP contribution < -0.4 is 5.73 Å². The van der Waals surface area contributed by atoms with Crippen LogP contribution in [0.3, 0.4) is 0 Å². The Hall–Kier alpha value is -2.39. The molecule has 1 aromatic heterocycles. The van der Waals surface area contributed by atoms with E-state index in [1.54, 1.807) is 36.7 Å². The Morgan fingerprint density at radius 1 is 1.10 bits per heavy atom. The number of hydrogen-bond donors (Lipinski definition) is 1. The Labute approximate surface area is 121 Å². The third-order valence-electron chi connectivity index (χ3n) is 3.18. The highest BCUT2D eigenvalue weighted by Crippen LogP contribution is 2.25. The lowest BCUT2D eigenvalue weighted by atomic mass is 9.97. The highest BCUT2D eigenvalue weighted by atomic mass is 35.5. The van der Waals surface area contributed by atoms with Gasteiger partial charge in [-0.15, -0.1) is 0 Å². The van der Waals surface area contributed by atoms with Gasteiger partial charge in [-0.3, -0.25) is 9.78 Å². The van der Waals surface area contributed by atoms with Crippen LogP contribution in [0.5, 0.6) is 0 Å². The molecule has 0 amide bonds. The Morgan fingerprint density at radius 2 is 1.95 bits per heavy atom. The van der Waals surface area contributed by atoms with Crippen molar-refractivity contribution in [3.63, 3.8) is 0 Å². The minimum atomic E-state index is -0.115. The standard InChI is InChI=1S/C16H11ClN2O/c17-11-4-5-14(15(18)8-11)16(20)13-3-1-2-10-9-19-7-6-12(10)13/h1-9H,18H2. The quantitative estimate of drug-likeness (QED) is 0.576. The molecule has 0 radical (unpaired) electrons. The van der Waals surface area contributed by atoms with Gasteiger partial charge >= 0.3 is 0 Å². The van der Waals surface area contributed by atoms with Crippen molar-refractivity contribution in [2.45, 2.75) is 0 Å². The smallest absolute Gasteiger partial charge is 0.195 e. The summed E-state index contributed by atoms with van der Waals surface area (Å²) in [7, 11) is 0. The molecule has 3 aromatic rings. The van der Waals surface area contributed by atoms with Crippen molar-refractivity contribution in [1.82, 2.24) is 4.98 Å². The van der Waals surface area contributed by atoms with Crippen LogP contribution in [0, 0.1) is 0 Å². The second-order valence-corrected chi connectivity index (χ2v) is 4.90. The number of benzene rings is 2. The lowest BCUT2D eigenvalue weighted by Crippen LogP contribution is -2.06. The molecule has 0 unspecified atom stereocenters. The zero-order valence-corrected chi connectivity index (χ0v) is 11.3. The molecule has 3 rings (SSSR count). The van der Waals surface area contributed by atoms with E-state index in [0.29, 0.717) is 21.8 Å². The predicted molar refractivity (Wildman–Crippen MR) is 81.0 cm³/mol. The van der Waals surface area contributed by atoms with Crippen molar-refractivity contribution >= 4 is 33.8 Å². The number of nitrogens with two attached hydrogens (primary N) is 1. The van der Waals surface area contributed by atoms with Crippen LogP contribution in [0.4, 0.5) is 5.69 Å². The molecule has 0 spiro atoms. The number of ketones is 1. The average Bonchev–Trinajstić information content (AvgIpc) is 2.46. The molecule has 0 bridgehead atoms. The molecule has 98 valence electrons. The summed E-state index contributed by atoms with van der Waals surface area (Å²) < 4.78 is 0. The molecule has 2 N–H and O–H groups in total. The summed E-state index contributed by atoms with van der Waals surface area (Å²) in [5.41, 5.74) is 7.34. The first-order valence-electron chi connectivity index (χ1n) is 6.09. The molecule has 3 nitrogen and oxygen atoms in total. The minimum Gasteiger partial charge on any atom is -0.398 e. The van der Waals surface area contributed by atoms with Gasteiger partial charge < -0.3 is 5.73 Å². The molecule has 0 saturated heterocycles. The number of carbonyl (C=O) groups excluding carboxylic acids is 1. The summed E-state index contributed by atoms with van der Waals surface area (Å²) in [6.07, 6.45) is 3.40. The number of hydrogen-bond acceptors (Lipinski definition) is 3. The maximum atomic E-state index is 12.6. The Kier molecular flexibility index (Phi) is 3.12. The van der Waals surface area contributed by atoms with E-state index in [2.05, 4.69) is 4.98 Å². The SMILES string of the molecule is Nc1cc(Cl)ccc1C(=O)c1cccc2cnccc12. The van der Waals surface area contributed by atoms with Crippen LogP contribution in [0.15, 0.2) is 54.9 Å². The summed E-state index contributed by atoms with van der Waals surface area (Å²) in [5.74, 6) is -0.115. The number of halogens is 1. The van der Waals surface area contributed by atoms with Gasteiger partial charge in [-0.2, -0.15) is 0 Å². The average molecular weight is 283 g/mol. The first kappa shape index (κ1) is 12.6. The first-order chi connectivity index (χ1) is 9.66. The predicted octanol–water partition coefficient (Wildman–Crippen LogP) is 3.70. The number of nitrogen functional groups attached to an aromatic ring is 1. The molecule has 0 atom stereocenters. The van der Waals surface area contributed by atoms with Crippen LogP contribution in [-0.2, 0) is 0 Å². The monoisotopic (exact) mass is 282 g/mol. The third-order valence-corrected chi connectivity index (χ3v) is 3.42. The van der Waals surface area contributed by atoms with E-state index in [4.69, 9.17) is 17.3 Å². The van der Waals surface area contributed by atoms with Crippen molar-refractivity contribution in [3.8, 4) is 0 Å². The second kappa shape index (κ2) is 4.94. The number of aromatic nitrogens is 1. The van der Waals surface area contributed by atoms with Gasteiger partial charge in [0.15, 0.2) is 5.78 Å². The molecule has 0 aliphatic carbocycles. The summed E-state index contributed by atoms with van der Waals surface area (Å²) in [6, 6.07) is 12.3. The minimum absolute atomic E-state index is 0.115. The van der Waals surface area contributed by atoms with Gasteiger partial charge in [0.2, 0.25) is 0 Å². The number of nitrogens with zero attached hydrogens (tertiary/aromatic N) is 1.